The van der Waals surface area contributed by atoms with E-state index in [0.29, 0.717) is 21.9 Å². The van der Waals surface area contributed by atoms with E-state index in [2.05, 4.69) is 19.2 Å². The molecule has 1 heterocycles. The number of nitrogens with one attached hydrogen (secondary N) is 1. The third-order valence-corrected chi connectivity index (χ3v) is 3.76. The van der Waals surface area contributed by atoms with E-state index in [-0.39, 0.29) is 6.10 Å². The van der Waals surface area contributed by atoms with E-state index in [1.54, 1.807) is 6.07 Å². The van der Waals surface area contributed by atoms with Gasteiger partial charge in [0, 0.05) is 22.5 Å². The van der Waals surface area contributed by atoms with Crippen LogP contribution in [-0.2, 0) is 0 Å². The Hall–Kier alpha value is -0.440. The average molecular weight is 288 g/mol. The second kappa shape index (κ2) is 6.14. The first kappa shape index (κ1) is 14.0. The van der Waals surface area contributed by atoms with Gasteiger partial charge in [0.15, 0.2) is 0 Å². The molecule has 1 aliphatic rings. The summed E-state index contributed by atoms with van der Waals surface area (Å²) in [6, 6.07) is 5.37. The largest absolute Gasteiger partial charge is 0.490 e. The van der Waals surface area contributed by atoms with Crippen molar-refractivity contribution in [3.63, 3.8) is 0 Å². The Morgan fingerprint density at radius 2 is 1.89 bits per heavy atom. The Balaban J connectivity index is 2.12. The number of halogens is 2. The van der Waals surface area contributed by atoms with E-state index < -0.39 is 0 Å². The summed E-state index contributed by atoms with van der Waals surface area (Å²) in [5.74, 6) is 1.79. The summed E-state index contributed by atoms with van der Waals surface area (Å²) in [7, 11) is 0. The zero-order valence-corrected chi connectivity index (χ0v) is 12.3. The molecule has 0 bridgehead atoms. The maximum Gasteiger partial charge on any atom is 0.122 e. The lowest BCUT2D eigenvalue weighted by atomic mass is 9.92. The summed E-state index contributed by atoms with van der Waals surface area (Å²) >= 11 is 12.0. The van der Waals surface area contributed by atoms with Crippen molar-refractivity contribution in [1.29, 1.82) is 0 Å². The quantitative estimate of drug-likeness (QED) is 0.904. The summed E-state index contributed by atoms with van der Waals surface area (Å²) in [5.41, 5.74) is 0. The first-order valence-electron chi connectivity index (χ1n) is 6.39. The maximum atomic E-state index is 6.11. The van der Waals surface area contributed by atoms with Crippen LogP contribution in [0.4, 0.5) is 0 Å². The highest BCUT2D eigenvalue weighted by Crippen LogP contribution is 2.29. The van der Waals surface area contributed by atoms with E-state index in [0.717, 1.165) is 25.3 Å². The monoisotopic (exact) mass is 287 g/mol. The van der Waals surface area contributed by atoms with Crippen molar-refractivity contribution in [2.75, 3.05) is 13.1 Å². The van der Waals surface area contributed by atoms with Crippen LogP contribution in [-0.4, -0.2) is 19.2 Å². The lowest BCUT2D eigenvalue weighted by Crippen LogP contribution is -2.33. The zero-order chi connectivity index (χ0) is 13.1. The van der Waals surface area contributed by atoms with E-state index in [9.17, 15) is 0 Å². The van der Waals surface area contributed by atoms with Gasteiger partial charge in [0.1, 0.15) is 11.9 Å². The fourth-order valence-corrected chi connectivity index (χ4v) is 2.99. The molecule has 1 aromatic rings. The number of rotatable bonds is 4. The summed E-state index contributed by atoms with van der Waals surface area (Å²) in [4.78, 5) is 0. The van der Waals surface area contributed by atoms with Gasteiger partial charge in [-0.15, -0.1) is 0 Å². The van der Waals surface area contributed by atoms with Crippen molar-refractivity contribution < 1.29 is 4.74 Å². The third kappa shape index (κ3) is 3.53. The van der Waals surface area contributed by atoms with Crippen LogP contribution in [0.2, 0.25) is 10.0 Å². The van der Waals surface area contributed by atoms with Gasteiger partial charge in [0.05, 0.1) is 0 Å². The van der Waals surface area contributed by atoms with Crippen LogP contribution in [0.1, 0.15) is 20.3 Å². The molecule has 100 valence electrons. The van der Waals surface area contributed by atoms with Crippen molar-refractivity contribution in [2.45, 2.75) is 26.4 Å². The number of benzene rings is 1. The minimum Gasteiger partial charge on any atom is -0.490 e. The van der Waals surface area contributed by atoms with Gasteiger partial charge in [-0.2, -0.15) is 0 Å². The van der Waals surface area contributed by atoms with Crippen LogP contribution in [0.25, 0.3) is 0 Å². The Kier molecular flexibility index (Phi) is 4.77. The highest BCUT2D eigenvalue weighted by atomic mass is 35.5. The molecule has 1 saturated heterocycles. The van der Waals surface area contributed by atoms with Crippen molar-refractivity contribution in [3.05, 3.63) is 28.2 Å². The molecule has 0 aromatic heterocycles. The molecule has 0 amide bonds. The van der Waals surface area contributed by atoms with Gasteiger partial charge < -0.3 is 10.1 Å². The second-order valence-electron chi connectivity index (χ2n) is 5.18. The molecule has 2 nitrogen and oxygen atoms in total. The fourth-order valence-electron chi connectivity index (χ4n) is 2.49. The molecule has 2 atom stereocenters. The van der Waals surface area contributed by atoms with Gasteiger partial charge in [-0.1, -0.05) is 37.0 Å². The van der Waals surface area contributed by atoms with E-state index in [4.69, 9.17) is 27.9 Å². The van der Waals surface area contributed by atoms with Crippen LogP contribution < -0.4 is 10.1 Å². The topological polar surface area (TPSA) is 21.3 Å². The number of hydrogen-bond donors (Lipinski definition) is 1. The molecular weight excluding hydrogens is 269 g/mol. The molecule has 0 radical (unpaired) electrons. The molecular formula is C14H19Cl2NO. The molecule has 4 heteroatoms. The van der Waals surface area contributed by atoms with Crippen molar-refractivity contribution in [1.82, 2.24) is 5.32 Å². The smallest absolute Gasteiger partial charge is 0.122 e. The van der Waals surface area contributed by atoms with Crippen molar-refractivity contribution in [2.24, 2.45) is 11.8 Å². The summed E-state index contributed by atoms with van der Waals surface area (Å²) in [6.07, 6.45) is 1.37. The Morgan fingerprint density at radius 3 is 2.39 bits per heavy atom. The Morgan fingerprint density at radius 1 is 1.22 bits per heavy atom. The van der Waals surface area contributed by atoms with Crippen LogP contribution in [0.15, 0.2) is 18.2 Å². The molecule has 0 unspecified atom stereocenters. The summed E-state index contributed by atoms with van der Waals surface area (Å²) in [5, 5.41) is 4.61. The van der Waals surface area contributed by atoms with Crippen LogP contribution in [0.5, 0.6) is 5.75 Å². The second-order valence-corrected chi connectivity index (χ2v) is 6.06. The van der Waals surface area contributed by atoms with E-state index in [1.165, 1.54) is 0 Å². The van der Waals surface area contributed by atoms with Gasteiger partial charge in [-0.25, -0.2) is 0 Å². The standard InChI is InChI=1S/C14H19Cl2NO/c1-9(2)14(10-3-4-17-8-10)18-13-6-11(15)5-12(16)7-13/h5-7,9-10,14,17H,3-4,8H2,1-2H3/t10-,14+/m0/s1. The van der Waals surface area contributed by atoms with E-state index >= 15 is 0 Å². The lowest BCUT2D eigenvalue weighted by Gasteiger charge is -2.27. The van der Waals surface area contributed by atoms with Gasteiger partial charge in [0.25, 0.3) is 0 Å². The highest BCUT2D eigenvalue weighted by molar-refractivity contribution is 6.34. The van der Waals surface area contributed by atoms with Crippen molar-refractivity contribution in [3.8, 4) is 5.75 Å². The zero-order valence-electron chi connectivity index (χ0n) is 10.7. The maximum absolute atomic E-state index is 6.11. The molecule has 1 N–H and O–H groups in total. The highest BCUT2D eigenvalue weighted by Gasteiger charge is 2.29. The first-order chi connectivity index (χ1) is 8.56. The van der Waals surface area contributed by atoms with Gasteiger partial charge >= 0.3 is 0 Å². The summed E-state index contributed by atoms with van der Waals surface area (Å²) in [6.45, 7) is 6.48. The minimum absolute atomic E-state index is 0.203. The fraction of sp³-hybridized carbons (Fsp3) is 0.571. The molecule has 1 aromatic carbocycles. The molecule has 1 fully saturated rings. The normalized spacial score (nSPS) is 21.3. The van der Waals surface area contributed by atoms with Crippen LogP contribution in [0, 0.1) is 11.8 Å². The van der Waals surface area contributed by atoms with E-state index in [1.807, 2.05) is 12.1 Å². The van der Waals surface area contributed by atoms with Gasteiger partial charge in [0.2, 0.25) is 0 Å². The number of ether oxygens (including phenoxy) is 1. The molecule has 1 aliphatic heterocycles. The Bertz CT molecular complexity index is 383. The third-order valence-electron chi connectivity index (χ3n) is 3.33. The van der Waals surface area contributed by atoms with Gasteiger partial charge in [-0.3, -0.25) is 0 Å². The summed E-state index contributed by atoms with van der Waals surface area (Å²) < 4.78 is 6.11. The number of hydrogen-bond acceptors (Lipinski definition) is 2. The first-order valence-corrected chi connectivity index (χ1v) is 7.15. The lowest BCUT2D eigenvalue weighted by molar-refractivity contribution is 0.0974. The molecule has 2 rings (SSSR count). The minimum atomic E-state index is 0.203. The predicted molar refractivity (Wildman–Crippen MR) is 76.7 cm³/mol. The molecule has 0 saturated carbocycles. The van der Waals surface area contributed by atoms with Crippen molar-refractivity contribution >= 4 is 23.2 Å². The Labute approximate surface area is 119 Å². The van der Waals surface area contributed by atoms with Crippen LogP contribution in [0.3, 0.4) is 0 Å². The molecule has 0 spiro atoms. The molecule has 0 aliphatic carbocycles. The average Bonchev–Trinajstić information content (AvgIpc) is 2.77. The molecule has 18 heavy (non-hydrogen) atoms. The predicted octanol–water partition coefficient (Wildman–Crippen LogP) is 4.01. The van der Waals surface area contributed by atoms with Crippen LogP contribution >= 0.6 is 23.2 Å². The van der Waals surface area contributed by atoms with Gasteiger partial charge in [-0.05, 0) is 37.1 Å². The SMILES string of the molecule is CC(C)[C@@H](Oc1cc(Cl)cc(Cl)c1)[C@H]1CCNC1.